The Balaban J connectivity index is 2.99. The van der Waals surface area contributed by atoms with Crippen LogP contribution in [0.5, 0.6) is 0 Å². The Morgan fingerprint density at radius 3 is 2.28 bits per heavy atom. The van der Waals surface area contributed by atoms with Crippen molar-refractivity contribution in [3.05, 3.63) is 41.5 Å². The average Bonchev–Trinajstić information content (AvgIpc) is 2.55. The minimum atomic E-state index is -1.08. The highest BCUT2D eigenvalue weighted by Crippen LogP contribution is 2.25. The number of hydrogen-bond acceptors (Lipinski definition) is 4. The van der Waals surface area contributed by atoms with Crippen LogP contribution in [0.1, 0.15) is 39.7 Å². The fourth-order valence-corrected chi connectivity index (χ4v) is 2.81. The Labute approximate surface area is 152 Å². The van der Waals surface area contributed by atoms with Gasteiger partial charge in [-0.25, -0.2) is 4.79 Å². The first-order valence-corrected chi connectivity index (χ1v) is 9.10. The molecule has 25 heavy (non-hydrogen) atoms. The number of benzene rings is 1. The van der Waals surface area contributed by atoms with Crippen LogP contribution in [0.3, 0.4) is 0 Å². The number of carbonyl (C=O) groups excluding carboxylic acids is 2. The van der Waals surface area contributed by atoms with Gasteiger partial charge in [-0.15, -0.1) is 0 Å². The molecule has 0 aliphatic rings. The Bertz CT molecular complexity index is 647. The van der Waals surface area contributed by atoms with Gasteiger partial charge in [0.25, 0.3) is 0 Å². The van der Waals surface area contributed by atoms with E-state index >= 15 is 0 Å². The van der Waals surface area contributed by atoms with Crippen LogP contribution >= 0.6 is 11.8 Å². The summed E-state index contributed by atoms with van der Waals surface area (Å²) < 4.78 is 0. The van der Waals surface area contributed by atoms with Gasteiger partial charge in [0.1, 0.15) is 6.04 Å². The topological polar surface area (TPSA) is 83.5 Å². The van der Waals surface area contributed by atoms with Crippen LogP contribution in [-0.4, -0.2) is 33.9 Å². The zero-order valence-electron chi connectivity index (χ0n) is 15.0. The molecule has 0 aliphatic carbocycles. The largest absolute Gasteiger partial charge is 0.480 e. The Kier molecular flexibility index (Phi) is 7.90. The quantitative estimate of drug-likeness (QED) is 0.726. The van der Waals surface area contributed by atoms with Crippen molar-refractivity contribution >= 4 is 34.8 Å². The number of carboxylic acids is 1. The summed E-state index contributed by atoms with van der Waals surface area (Å²) in [4.78, 5) is 35.8. The molecule has 5 nitrogen and oxygen atoms in total. The zero-order chi connectivity index (χ0) is 19.0. The highest BCUT2D eigenvalue weighted by molar-refractivity contribution is 8.13. The van der Waals surface area contributed by atoms with Gasteiger partial charge in [-0.1, -0.05) is 69.8 Å². The van der Waals surface area contributed by atoms with Crippen LogP contribution in [0, 0.1) is 5.41 Å². The molecule has 136 valence electrons. The molecule has 0 fully saturated rings. The van der Waals surface area contributed by atoms with Crippen molar-refractivity contribution in [1.29, 1.82) is 0 Å². The fourth-order valence-electron chi connectivity index (χ4n) is 1.87. The smallest absolute Gasteiger partial charge is 0.326 e. The zero-order valence-corrected chi connectivity index (χ0v) is 15.9. The number of nitrogens with one attached hydrogen (secondary N) is 1. The van der Waals surface area contributed by atoms with E-state index in [1.54, 1.807) is 13.0 Å². The maximum Gasteiger partial charge on any atom is 0.326 e. The lowest BCUT2D eigenvalue weighted by molar-refractivity contribution is -0.141. The molecule has 0 radical (unpaired) electrons. The van der Waals surface area contributed by atoms with Gasteiger partial charge in [0.2, 0.25) is 5.91 Å². The second-order valence-corrected chi connectivity index (χ2v) is 7.63. The minimum Gasteiger partial charge on any atom is -0.480 e. The van der Waals surface area contributed by atoms with E-state index in [1.807, 2.05) is 51.1 Å². The van der Waals surface area contributed by atoms with Gasteiger partial charge in [0, 0.05) is 16.7 Å². The summed E-state index contributed by atoms with van der Waals surface area (Å²) in [6, 6.07) is 8.31. The molecule has 0 aromatic heterocycles. The third-order valence-electron chi connectivity index (χ3n) is 3.41. The van der Waals surface area contributed by atoms with Gasteiger partial charge in [-0.3, -0.25) is 9.59 Å². The molecule has 0 saturated heterocycles. The van der Waals surface area contributed by atoms with Crippen LogP contribution < -0.4 is 5.32 Å². The molecule has 6 heteroatoms. The molecule has 1 aromatic rings. The van der Waals surface area contributed by atoms with E-state index in [2.05, 4.69) is 5.32 Å². The van der Waals surface area contributed by atoms with E-state index < -0.39 is 23.3 Å². The minimum absolute atomic E-state index is 0.0236. The lowest BCUT2D eigenvalue weighted by atomic mass is 10.00. The number of thioether (sulfide) groups is 1. The molecule has 2 N–H and O–H groups in total. The summed E-state index contributed by atoms with van der Waals surface area (Å²) in [5.41, 5.74) is 0.680. The lowest BCUT2D eigenvalue weighted by Crippen LogP contribution is -2.41. The van der Waals surface area contributed by atoms with E-state index in [4.69, 9.17) is 5.11 Å². The third-order valence-corrected chi connectivity index (χ3v) is 4.74. The first kappa shape index (κ1) is 21.0. The molecule has 1 atom stereocenters. The predicted octanol–water partition coefficient (Wildman–Crippen LogP) is 3.36. The molecule has 0 bridgehead atoms. The molecule has 1 rings (SSSR count). The van der Waals surface area contributed by atoms with E-state index in [9.17, 15) is 14.4 Å². The van der Waals surface area contributed by atoms with Crippen molar-refractivity contribution < 1.29 is 19.5 Å². The number of aliphatic carboxylic acids is 1. The second-order valence-electron chi connectivity index (χ2n) is 6.68. The Hall–Kier alpha value is -2.08. The van der Waals surface area contributed by atoms with Crippen LogP contribution in [-0.2, 0) is 14.4 Å². The van der Waals surface area contributed by atoms with Gasteiger partial charge >= 0.3 is 5.97 Å². The van der Waals surface area contributed by atoms with Crippen molar-refractivity contribution in [3.63, 3.8) is 0 Å². The summed E-state index contributed by atoms with van der Waals surface area (Å²) in [7, 11) is 0. The Morgan fingerprint density at radius 2 is 1.80 bits per heavy atom. The van der Waals surface area contributed by atoms with Gasteiger partial charge in [0.05, 0.1) is 0 Å². The summed E-state index contributed by atoms with van der Waals surface area (Å²) in [6.07, 6.45) is 1.97. The molecule has 0 heterocycles. The lowest BCUT2D eigenvalue weighted by Gasteiger charge is -2.17. The molecule has 0 spiro atoms. The molecular formula is C19H25NO4S. The summed E-state index contributed by atoms with van der Waals surface area (Å²) >= 11 is 1.07. The SMILES string of the molecule is CC[C@H](NC(=O)/C(=C\c1ccccc1)CSC(=O)C(C)(C)C)C(=O)O. The maximum absolute atomic E-state index is 12.5. The highest BCUT2D eigenvalue weighted by atomic mass is 32.2. The standard InChI is InChI=1S/C19H25NO4S/c1-5-15(17(22)23)20-16(21)14(11-13-9-7-6-8-10-13)12-25-18(24)19(2,3)4/h6-11,15H,5,12H2,1-4H3,(H,20,21)(H,22,23)/b14-11-/t15-/m0/s1. The monoisotopic (exact) mass is 363 g/mol. The van der Waals surface area contributed by atoms with Crippen LogP contribution in [0.25, 0.3) is 6.08 Å². The third kappa shape index (κ3) is 7.13. The van der Waals surface area contributed by atoms with Crippen LogP contribution in [0.2, 0.25) is 0 Å². The van der Waals surface area contributed by atoms with Crippen molar-refractivity contribution in [2.45, 2.75) is 40.2 Å². The van der Waals surface area contributed by atoms with E-state index in [0.29, 0.717) is 5.57 Å². The first-order valence-electron chi connectivity index (χ1n) is 8.11. The average molecular weight is 363 g/mol. The van der Waals surface area contributed by atoms with Crippen molar-refractivity contribution in [1.82, 2.24) is 5.32 Å². The van der Waals surface area contributed by atoms with Crippen LogP contribution in [0.4, 0.5) is 0 Å². The molecule has 0 aliphatic heterocycles. The van der Waals surface area contributed by atoms with E-state index in [0.717, 1.165) is 17.3 Å². The van der Waals surface area contributed by atoms with Crippen molar-refractivity contribution in [3.8, 4) is 0 Å². The summed E-state index contributed by atoms with van der Waals surface area (Å²) in [5, 5.41) is 11.6. The number of rotatable bonds is 7. The predicted molar refractivity (Wildman–Crippen MR) is 101 cm³/mol. The normalized spacial score (nSPS) is 13.2. The number of carbonyl (C=O) groups is 3. The van der Waals surface area contributed by atoms with E-state index in [1.165, 1.54) is 0 Å². The second kappa shape index (κ2) is 9.42. The fraction of sp³-hybridized carbons (Fsp3) is 0.421. The van der Waals surface area contributed by atoms with Gasteiger partial charge in [-0.05, 0) is 18.1 Å². The molecule has 1 aromatic carbocycles. The van der Waals surface area contributed by atoms with Gasteiger partial charge < -0.3 is 10.4 Å². The van der Waals surface area contributed by atoms with Crippen molar-refractivity contribution in [2.24, 2.45) is 5.41 Å². The summed E-state index contributed by atoms with van der Waals surface area (Å²) in [5.74, 6) is -1.35. The summed E-state index contributed by atoms with van der Waals surface area (Å²) in [6.45, 7) is 7.15. The van der Waals surface area contributed by atoms with E-state index in [-0.39, 0.29) is 17.3 Å². The number of hydrogen-bond donors (Lipinski definition) is 2. The van der Waals surface area contributed by atoms with Gasteiger partial charge in [-0.2, -0.15) is 0 Å². The first-order chi connectivity index (χ1) is 11.6. The molecular weight excluding hydrogens is 338 g/mol. The van der Waals surface area contributed by atoms with Gasteiger partial charge in [0.15, 0.2) is 5.12 Å². The Morgan fingerprint density at radius 1 is 1.20 bits per heavy atom. The number of carboxylic acid groups (broad SMARTS) is 1. The highest BCUT2D eigenvalue weighted by Gasteiger charge is 2.24. The maximum atomic E-state index is 12.5. The molecule has 0 saturated carbocycles. The van der Waals surface area contributed by atoms with Crippen LogP contribution in [0.15, 0.2) is 35.9 Å². The number of amides is 1. The molecule has 0 unspecified atom stereocenters. The van der Waals surface area contributed by atoms with Crippen molar-refractivity contribution in [2.75, 3.05) is 5.75 Å². The molecule has 1 amide bonds.